The monoisotopic (exact) mass is 614 g/mol. The van der Waals surface area contributed by atoms with Gasteiger partial charge in [-0.15, -0.1) is 0 Å². The number of amides is 1. The van der Waals surface area contributed by atoms with Crippen molar-refractivity contribution in [2.75, 3.05) is 31.7 Å². The number of halogens is 1. The number of hydrogen-bond acceptors (Lipinski definition) is 7. The summed E-state index contributed by atoms with van der Waals surface area (Å²) in [5.74, 6) is 0.308. The van der Waals surface area contributed by atoms with E-state index in [0.29, 0.717) is 25.4 Å². The van der Waals surface area contributed by atoms with Crippen LogP contribution in [0.3, 0.4) is 0 Å². The van der Waals surface area contributed by atoms with Crippen LogP contribution in [0.15, 0.2) is 48.6 Å². The van der Waals surface area contributed by atoms with Gasteiger partial charge < -0.3 is 19.5 Å². The fourth-order valence-electron chi connectivity index (χ4n) is 7.19. The van der Waals surface area contributed by atoms with E-state index in [1.165, 1.54) is 18.2 Å². The molecule has 4 aliphatic rings. The molecule has 2 bridgehead atoms. The van der Waals surface area contributed by atoms with Crippen LogP contribution < -0.4 is 14.4 Å². The smallest absolute Gasteiger partial charge is 0.264 e. The lowest BCUT2D eigenvalue weighted by Gasteiger charge is -2.45. The van der Waals surface area contributed by atoms with Gasteiger partial charge in [0.25, 0.3) is 5.91 Å². The molecule has 0 unspecified atom stereocenters. The molecule has 0 radical (unpaired) electrons. The third kappa shape index (κ3) is 5.56. The maximum absolute atomic E-state index is 13.3. The summed E-state index contributed by atoms with van der Waals surface area (Å²) in [6, 6.07) is 11.3. The van der Waals surface area contributed by atoms with Gasteiger partial charge in [0.1, 0.15) is 5.75 Å². The van der Waals surface area contributed by atoms with E-state index in [1.807, 2.05) is 6.07 Å². The molecule has 2 aliphatic carbocycles. The first kappa shape index (κ1) is 29.5. The van der Waals surface area contributed by atoms with Crippen LogP contribution >= 0.6 is 11.6 Å². The van der Waals surface area contributed by atoms with Crippen LogP contribution in [0.25, 0.3) is 0 Å². The van der Waals surface area contributed by atoms with E-state index < -0.39 is 33.4 Å². The van der Waals surface area contributed by atoms with Crippen molar-refractivity contribution in [1.82, 2.24) is 4.72 Å². The maximum Gasteiger partial charge on any atom is 0.264 e. The van der Waals surface area contributed by atoms with Crippen molar-refractivity contribution in [1.29, 1.82) is 0 Å². The second-order valence-electron chi connectivity index (χ2n) is 12.5. The molecule has 2 aromatic carbocycles. The number of carbonyl (C=O) groups excluding carboxylic acids is 1. The average molecular weight is 615 g/mol. The predicted molar refractivity (Wildman–Crippen MR) is 163 cm³/mol. The Balaban J connectivity index is 1.42. The number of nitrogens with zero attached hydrogens (tertiary/aromatic N) is 1. The summed E-state index contributed by atoms with van der Waals surface area (Å²) in [5, 5.41) is 11.0. The summed E-state index contributed by atoms with van der Waals surface area (Å²) >= 11 is 6.38. The number of methoxy groups -OCH3 is 1. The molecule has 6 rings (SSSR count). The highest BCUT2D eigenvalue weighted by Gasteiger charge is 2.44. The van der Waals surface area contributed by atoms with E-state index in [0.717, 1.165) is 42.8 Å². The summed E-state index contributed by atoms with van der Waals surface area (Å²) in [6.45, 7) is 3.40. The van der Waals surface area contributed by atoms with E-state index >= 15 is 0 Å². The van der Waals surface area contributed by atoms with Gasteiger partial charge >= 0.3 is 0 Å². The number of rotatable bonds is 1. The van der Waals surface area contributed by atoms with E-state index in [1.54, 1.807) is 37.3 Å². The molecule has 1 spiro atoms. The molecule has 6 atom stereocenters. The largest absolute Gasteiger partial charge is 0.490 e. The lowest BCUT2D eigenvalue weighted by atomic mass is 9.68. The fourth-order valence-corrected chi connectivity index (χ4v) is 8.40. The van der Waals surface area contributed by atoms with Crippen LogP contribution in [0.2, 0.25) is 5.02 Å². The molecule has 0 aromatic heterocycles. The molecule has 226 valence electrons. The number of carbonyl (C=O) groups is 1. The Hall–Kier alpha value is -2.59. The molecule has 8 nitrogen and oxygen atoms in total. The van der Waals surface area contributed by atoms with Crippen molar-refractivity contribution in [3.63, 3.8) is 0 Å². The van der Waals surface area contributed by atoms with E-state index in [2.05, 4.69) is 21.8 Å². The zero-order valence-corrected chi connectivity index (χ0v) is 25.7. The zero-order chi connectivity index (χ0) is 29.6. The van der Waals surface area contributed by atoms with E-state index in [-0.39, 0.29) is 29.2 Å². The van der Waals surface area contributed by atoms with Crippen LogP contribution in [0.5, 0.6) is 5.75 Å². The van der Waals surface area contributed by atoms with Crippen molar-refractivity contribution < 1.29 is 27.8 Å². The van der Waals surface area contributed by atoms with Gasteiger partial charge in [-0.1, -0.05) is 29.8 Å². The van der Waals surface area contributed by atoms with Crippen LogP contribution in [0.1, 0.15) is 60.5 Å². The highest BCUT2D eigenvalue weighted by atomic mass is 35.5. The van der Waals surface area contributed by atoms with Crippen molar-refractivity contribution in [3.8, 4) is 5.75 Å². The highest BCUT2D eigenvalue weighted by molar-refractivity contribution is 7.90. The number of fused-ring (bicyclic) bond motifs is 4. The Morgan fingerprint density at radius 1 is 1.17 bits per heavy atom. The standard InChI is InChI=1S/C32H39ClN2O6S/c1-20-14-25(40-2)8-11-29(36)26-9-5-23(26)17-35-18-32(13-3-4-21-15-24(33)7-10-27(21)32)19-41-30-12-6-22(16-28(30)35)31(37)34-42(20,38)39/h6-8,10-12,15-16,20,23,25-26,29,36H,3-5,9,13-14,17-19H2,1-2H3,(H,34,37)/b11-8+/t20-,23-,25-,26+,29-,32-/m0/s1. The lowest BCUT2D eigenvalue weighted by Crippen LogP contribution is -2.49. The second-order valence-corrected chi connectivity index (χ2v) is 15.0. The number of aryl methyl sites for hydroxylation is 1. The Kier molecular flexibility index (Phi) is 8.06. The summed E-state index contributed by atoms with van der Waals surface area (Å²) in [5.41, 5.74) is 3.24. The maximum atomic E-state index is 13.3. The van der Waals surface area contributed by atoms with Gasteiger partial charge in [0.2, 0.25) is 10.0 Å². The number of hydrogen-bond donors (Lipinski definition) is 2. The number of aliphatic hydroxyl groups excluding tert-OH is 1. The SMILES string of the molecule is CO[C@H]1/C=C/[C@H](O)[C@@H]2CC[C@H]2CN2C[C@@]3(CCCc4cc(Cl)ccc43)COc3ccc(cc32)C(=O)NS(=O)(=O)[C@@H](C)C1. The summed E-state index contributed by atoms with van der Waals surface area (Å²) in [4.78, 5) is 15.6. The summed E-state index contributed by atoms with van der Waals surface area (Å²) in [7, 11) is -2.47. The van der Waals surface area contributed by atoms with Crippen molar-refractivity contribution >= 4 is 33.2 Å². The second kappa shape index (κ2) is 11.5. The summed E-state index contributed by atoms with van der Waals surface area (Å²) < 4.78 is 40.5. The fraction of sp³-hybridized carbons (Fsp3) is 0.531. The van der Waals surface area contributed by atoms with E-state index in [9.17, 15) is 18.3 Å². The minimum absolute atomic E-state index is 0.0697. The molecular weight excluding hydrogens is 576 g/mol. The van der Waals surface area contributed by atoms with Gasteiger partial charge in [0, 0.05) is 36.2 Å². The van der Waals surface area contributed by atoms with Crippen molar-refractivity contribution in [2.24, 2.45) is 11.8 Å². The predicted octanol–water partition coefficient (Wildman–Crippen LogP) is 4.62. The third-order valence-corrected chi connectivity index (χ3v) is 11.8. The Labute approximate surface area is 253 Å². The molecule has 2 N–H and O–H groups in total. The molecule has 2 aromatic rings. The molecule has 2 aliphatic heterocycles. The quantitative estimate of drug-likeness (QED) is 0.452. The first-order valence-electron chi connectivity index (χ1n) is 14.8. The molecule has 42 heavy (non-hydrogen) atoms. The van der Waals surface area contributed by atoms with Gasteiger partial charge in [-0.05, 0) is 98.7 Å². The Bertz CT molecular complexity index is 1500. The molecule has 2 heterocycles. The molecular formula is C32H39ClN2O6S. The van der Waals surface area contributed by atoms with Crippen LogP contribution in [-0.2, 0) is 26.6 Å². The molecule has 1 saturated carbocycles. The van der Waals surface area contributed by atoms with Crippen molar-refractivity contribution in [3.05, 3.63) is 70.3 Å². The Morgan fingerprint density at radius 3 is 2.76 bits per heavy atom. The third-order valence-electron chi connectivity index (χ3n) is 9.82. The lowest BCUT2D eigenvalue weighted by molar-refractivity contribution is 0.0444. The van der Waals surface area contributed by atoms with Crippen LogP contribution in [0, 0.1) is 11.8 Å². The minimum Gasteiger partial charge on any atom is -0.490 e. The molecule has 1 amide bonds. The van der Waals surface area contributed by atoms with Gasteiger partial charge in [-0.3, -0.25) is 4.79 Å². The van der Waals surface area contributed by atoms with E-state index in [4.69, 9.17) is 21.1 Å². The number of sulfonamides is 1. The zero-order valence-electron chi connectivity index (χ0n) is 24.1. The number of aliphatic hydroxyl groups is 1. The Morgan fingerprint density at radius 2 is 2.00 bits per heavy atom. The van der Waals surface area contributed by atoms with Gasteiger partial charge in [-0.2, -0.15) is 0 Å². The number of ether oxygens (including phenoxy) is 2. The van der Waals surface area contributed by atoms with Crippen LogP contribution in [0.4, 0.5) is 5.69 Å². The minimum atomic E-state index is -3.98. The first-order valence-corrected chi connectivity index (χ1v) is 16.8. The highest BCUT2D eigenvalue weighted by Crippen LogP contribution is 2.46. The molecule has 10 heteroatoms. The number of benzene rings is 2. The van der Waals surface area contributed by atoms with Gasteiger partial charge in [0.05, 0.1) is 29.8 Å². The average Bonchev–Trinajstić information content (AvgIpc) is 3.09. The van der Waals surface area contributed by atoms with Gasteiger partial charge in [0.15, 0.2) is 0 Å². The number of anilines is 1. The first-order chi connectivity index (χ1) is 20.1. The molecule has 0 saturated heterocycles. The van der Waals surface area contributed by atoms with Gasteiger partial charge in [-0.25, -0.2) is 13.1 Å². The van der Waals surface area contributed by atoms with Crippen LogP contribution in [-0.4, -0.2) is 63.7 Å². The normalized spacial score (nSPS) is 33.3. The number of nitrogens with one attached hydrogen (secondary N) is 1. The molecule has 1 fully saturated rings. The topological polar surface area (TPSA) is 105 Å². The van der Waals surface area contributed by atoms with Crippen molar-refractivity contribution in [2.45, 2.75) is 68.3 Å². The summed E-state index contributed by atoms with van der Waals surface area (Å²) in [6.07, 6.45) is 7.30.